The van der Waals surface area contributed by atoms with Crippen molar-refractivity contribution in [1.82, 2.24) is 15.5 Å². The van der Waals surface area contributed by atoms with Crippen molar-refractivity contribution in [2.24, 2.45) is 0 Å². The number of hydrogen-bond donors (Lipinski definition) is 1. The molecule has 5 heteroatoms. The Morgan fingerprint density at radius 1 is 1.32 bits per heavy atom. The van der Waals surface area contributed by atoms with Crippen LogP contribution in [0.5, 0.6) is 0 Å². The van der Waals surface area contributed by atoms with E-state index in [9.17, 15) is 0 Å². The lowest BCUT2D eigenvalue weighted by atomic mass is 10.1. The maximum Gasteiger partial charge on any atom is 0.147 e. The number of hydrogen-bond acceptors (Lipinski definition) is 4. The lowest BCUT2D eigenvalue weighted by Gasteiger charge is -2.08. The maximum absolute atomic E-state index is 4.31. The van der Waals surface area contributed by atoms with Gasteiger partial charge in [-0.1, -0.05) is 34.2 Å². The lowest BCUT2D eigenvalue weighted by Crippen LogP contribution is -2.18. The summed E-state index contributed by atoms with van der Waals surface area (Å²) in [5.74, 6) is 0. The molecule has 3 nitrogen and oxygen atoms in total. The number of aromatic nitrogens is 2. The molecule has 1 aromatic heterocycles. The van der Waals surface area contributed by atoms with E-state index in [0.717, 1.165) is 33.0 Å². The molecule has 19 heavy (non-hydrogen) atoms. The molecule has 0 amide bonds. The van der Waals surface area contributed by atoms with E-state index in [0.29, 0.717) is 0 Å². The van der Waals surface area contributed by atoms with E-state index in [-0.39, 0.29) is 6.04 Å². The fourth-order valence-corrected chi connectivity index (χ4v) is 3.30. The van der Waals surface area contributed by atoms with E-state index >= 15 is 0 Å². The number of nitrogens with zero attached hydrogens (tertiary/aromatic N) is 2. The Kier molecular flexibility index (Phi) is 5.07. The lowest BCUT2D eigenvalue weighted by molar-refractivity contribution is 0.564. The quantitative estimate of drug-likeness (QED) is 0.880. The highest BCUT2D eigenvalue weighted by molar-refractivity contribution is 9.10. The number of aryl methyl sites for hydroxylation is 1. The van der Waals surface area contributed by atoms with Gasteiger partial charge in [0, 0.05) is 10.0 Å². The highest BCUT2D eigenvalue weighted by Gasteiger charge is 2.12. The van der Waals surface area contributed by atoms with Gasteiger partial charge in [0.15, 0.2) is 0 Å². The van der Waals surface area contributed by atoms with Gasteiger partial charge in [0.1, 0.15) is 10.0 Å². The molecule has 0 spiro atoms. The highest BCUT2D eigenvalue weighted by Crippen LogP contribution is 2.29. The molecule has 0 saturated heterocycles. The van der Waals surface area contributed by atoms with Crippen molar-refractivity contribution >= 4 is 27.3 Å². The summed E-state index contributed by atoms with van der Waals surface area (Å²) in [4.78, 5) is 0. The minimum Gasteiger partial charge on any atom is -0.308 e. The van der Waals surface area contributed by atoms with Crippen molar-refractivity contribution in [3.63, 3.8) is 0 Å². The topological polar surface area (TPSA) is 37.8 Å². The predicted octanol–water partition coefficient (Wildman–Crippen LogP) is 4.34. The zero-order valence-electron chi connectivity index (χ0n) is 11.4. The van der Waals surface area contributed by atoms with Crippen LogP contribution in [0.2, 0.25) is 0 Å². The zero-order chi connectivity index (χ0) is 13.8. The number of rotatable bonds is 5. The fraction of sp³-hybridized carbons (Fsp3) is 0.429. The molecule has 0 fully saturated rings. The summed E-state index contributed by atoms with van der Waals surface area (Å²) in [5, 5.41) is 14.1. The van der Waals surface area contributed by atoms with Crippen molar-refractivity contribution in [2.75, 3.05) is 6.54 Å². The van der Waals surface area contributed by atoms with Crippen LogP contribution in [-0.4, -0.2) is 16.7 Å². The Morgan fingerprint density at radius 3 is 2.79 bits per heavy atom. The average Bonchev–Trinajstić information content (AvgIpc) is 2.84. The summed E-state index contributed by atoms with van der Waals surface area (Å²) in [6.45, 7) is 7.38. The van der Waals surface area contributed by atoms with E-state index in [1.54, 1.807) is 11.3 Å². The number of benzene rings is 1. The maximum atomic E-state index is 4.31. The van der Waals surface area contributed by atoms with Gasteiger partial charge >= 0.3 is 0 Å². The third kappa shape index (κ3) is 3.84. The summed E-state index contributed by atoms with van der Waals surface area (Å²) >= 11 is 5.18. The van der Waals surface area contributed by atoms with Crippen molar-refractivity contribution in [3.05, 3.63) is 33.2 Å². The summed E-state index contributed by atoms with van der Waals surface area (Å²) < 4.78 is 1.08. The molecule has 1 N–H and O–H groups in total. The second-order valence-electron chi connectivity index (χ2n) is 4.64. The number of nitrogens with one attached hydrogen (secondary N) is 1. The standard InChI is InChI=1S/C14H18BrN3S/c1-4-5-16-10(3)13-17-18-14(19-13)11-6-9(2)7-12(15)8-11/h6-8,10,16H,4-5H2,1-3H3. The molecular formula is C14H18BrN3S. The molecule has 102 valence electrons. The SMILES string of the molecule is CCCNC(C)c1nnc(-c2cc(C)cc(Br)c2)s1. The Balaban J connectivity index is 2.20. The van der Waals surface area contributed by atoms with E-state index in [1.165, 1.54) is 5.56 Å². The second kappa shape index (κ2) is 6.59. The second-order valence-corrected chi connectivity index (χ2v) is 6.56. The largest absolute Gasteiger partial charge is 0.308 e. The van der Waals surface area contributed by atoms with E-state index in [4.69, 9.17) is 0 Å². The van der Waals surface area contributed by atoms with Crippen molar-refractivity contribution in [1.29, 1.82) is 0 Å². The smallest absolute Gasteiger partial charge is 0.147 e. The van der Waals surface area contributed by atoms with Gasteiger partial charge < -0.3 is 5.32 Å². The Bertz CT molecular complexity index is 533. The van der Waals surface area contributed by atoms with Crippen molar-refractivity contribution in [2.45, 2.75) is 33.2 Å². The molecule has 1 heterocycles. The molecular weight excluding hydrogens is 322 g/mol. The summed E-state index contributed by atoms with van der Waals surface area (Å²) in [7, 11) is 0. The highest BCUT2D eigenvalue weighted by atomic mass is 79.9. The Morgan fingerprint density at radius 2 is 2.11 bits per heavy atom. The van der Waals surface area contributed by atoms with Gasteiger partial charge in [0.05, 0.1) is 6.04 Å². The Hall–Kier alpha value is -0.780. The first-order valence-electron chi connectivity index (χ1n) is 6.44. The molecule has 0 aliphatic rings. The van der Waals surface area contributed by atoms with Crippen LogP contribution >= 0.6 is 27.3 Å². The van der Waals surface area contributed by atoms with Crippen LogP contribution in [0.4, 0.5) is 0 Å². The molecule has 0 bridgehead atoms. The van der Waals surface area contributed by atoms with Gasteiger partial charge in [-0.25, -0.2) is 0 Å². The van der Waals surface area contributed by atoms with Crippen LogP contribution in [0.1, 0.15) is 36.9 Å². The predicted molar refractivity (Wildman–Crippen MR) is 84.5 cm³/mol. The van der Waals surface area contributed by atoms with E-state index in [2.05, 4.69) is 70.4 Å². The molecule has 0 radical (unpaired) electrons. The van der Waals surface area contributed by atoms with E-state index < -0.39 is 0 Å². The normalized spacial score (nSPS) is 12.6. The van der Waals surface area contributed by atoms with E-state index in [1.807, 2.05) is 0 Å². The van der Waals surface area contributed by atoms with Crippen LogP contribution in [0.15, 0.2) is 22.7 Å². The summed E-state index contributed by atoms with van der Waals surface area (Å²) in [5.41, 5.74) is 2.34. The molecule has 2 aromatic rings. The third-order valence-electron chi connectivity index (χ3n) is 2.80. The molecule has 1 unspecified atom stereocenters. The molecule has 0 saturated carbocycles. The zero-order valence-corrected chi connectivity index (χ0v) is 13.8. The molecule has 1 aromatic carbocycles. The third-order valence-corrected chi connectivity index (χ3v) is 4.41. The van der Waals surface area contributed by atoms with Gasteiger partial charge in [-0.2, -0.15) is 0 Å². The first kappa shape index (κ1) is 14.6. The van der Waals surface area contributed by atoms with Gasteiger partial charge in [0.2, 0.25) is 0 Å². The molecule has 0 aliphatic carbocycles. The average molecular weight is 340 g/mol. The van der Waals surface area contributed by atoms with Gasteiger partial charge in [0.25, 0.3) is 0 Å². The van der Waals surface area contributed by atoms with Crippen molar-refractivity contribution < 1.29 is 0 Å². The summed E-state index contributed by atoms with van der Waals surface area (Å²) in [6, 6.07) is 6.58. The monoisotopic (exact) mass is 339 g/mol. The minimum absolute atomic E-state index is 0.263. The van der Waals surface area contributed by atoms with Gasteiger partial charge in [-0.3, -0.25) is 0 Å². The molecule has 2 rings (SSSR count). The van der Waals surface area contributed by atoms with Crippen LogP contribution in [0.3, 0.4) is 0 Å². The van der Waals surface area contributed by atoms with Crippen LogP contribution < -0.4 is 5.32 Å². The van der Waals surface area contributed by atoms with Crippen LogP contribution in [0, 0.1) is 6.92 Å². The summed E-state index contributed by atoms with van der Waals surface area (Å²) in [6.07, 6.45) is 1.13. The first-order chi connectivity index (χ1) is 9.10. The first-order valence-corrected chi connectivity index (χ1v) is 8.05. The van der Waals surface area contributed by atoms with Gasteiger partial charge in [-0.15, -0.1) is 10.2 Å². The Labute approximate surface area is 126 Å². The van der Waals surface area contributed by atoms with Crippen LogP contribution in [-0.2, 0) is 0 Å². The van der Waals surface area contributed by atoms with Gasteiger partial charge in [-0.05, 0) is 50.6 Å². The molecule has 0 aliphatic heterocycles. The van der Waals surface area contributed by atoms with Crippen LogP contribution in [0.25, 0.3) is 10.6 Å². The minimum atomic E-state index is 0.263. The van der Waals surface area contributed by atoms with Crippen molar-refractivity contribution in [3.8, 4) is 10.6 Å². The fourth-order valence-electron chi connectivity index (χ4n) is 1.83. The molecule has 1 atom stereocenters. The number of halogens is 1.